The number of hydrogen-bond acceptors (Lipinski definition) is 1. The van der Waals surface area contributed by atoms with Gasteiger partial charge in [-0.3, -0.25) is 0 Å². The van der Waals surface area contributed by atoms with Crippen molar-refractivity contribution in [2.75, 3.05) is 0 Å². The second-order valence-corrected chi connectivity index (χ2v) is 0. The van der Waals surface area contributed by atoms with Crippen LogP contribution in [0.3, 0.4) is 0 Å². The average Bonchev–Trinajstić information content (AvgIpc) is 1.00. The Bertz CT molecular complexity index is 8.00. The molecule has 0 aliphatic heterocycles. The van der Waals surface area contributed by atoms with Crippen LogP contribution in [-0.4, -0.2) is 40.4 Å². The van der Waals surface area contributed by atoms with Gasteiger partial charge in [-0.25, -0.2) is 0 Å². The second kappa shape index (κ2) is 18.3. The van der Waals surface area contributed by atoms with Gasteiger partial charge in [0.25, 0.3) is 0 Å². The predicted octanol–water partition coefficient (Wildman–Crippen LogP) is -2.22. The Morgan fingerprint density at radius 1 is 1.25 bits per heavy atom. The standard InChI is InChI=1S/Al.Ho.Mg.O.5H. The molecule has 4 heteroatoms. The molecule has 0 amide bonds. The van der Waals surface area contributed by atoms with E-state index in [-0.39, 0.29) is 40.4 Å². The summed E-state index contributed by atoms with van der Waals surface area (Å²) in [6.07, 6.45) is 0. The van der Waals surface area contributed by atoms with Crippen molar-refractivity contribution in [3.63, 3.8) is 0 Å². The zero-order valence-corrected chi connectivity index (χ0v) is 2.64. The van der Waals surface area contributed by atoms with Crippen LogP contribution < -0.4 is 0 Å². The Balaban J connectivity index is -0.00000000500. The third-order valence-electron chi connectivity index (χ3n) is 0. The summed E-state index contributed by atoms with van der Waals surface area (Å²) in [6, 6.07) is 0. The van der Waals surface area contributed by atoms with Crippen LogP contribution in [0.4, 0.5) is 0 Å². The average molecular weight is 237 g/mol. The summed E-state index contributed by atoms with van der Waals surface area (Å²) in [4.78, 5) is 0. The quantitative estimate of drug-likeness (QED) is 0.436. The summed E-state index contributed by atoms with van der Waals surface area (Å²) in [5, 5.41) is 0. The van der Waals surface area contributed by atoms with Crippen LogP contribution in [0.2, 0.25) is 0 Å². The van der Waals surface area contributed by atoms with Crippen molar-refractivity contribution in [3.8, 4) is 0 Å². The van der Waals surface area contributed by atoms with Crippen molar-refractivity contribution in [1.82, 2.24) is 0 Å². The fourth-order valence-electron chi connectivity index (χ4n) is 0. The van der Waals surface area contributed by atoms with E-state index in [9.17, 15) is 0 Å². The molecule has 0 radical (unpaired) electrons. The zero-order chi connectivity index (χ0) is 2.00. The Morgan fingerprint density at radius 2 is 1.25 bits per heavy atom. The molecular formula is H5AlHoMgO. The summed E-state index contributed by atoms with van der Waals surface area (Å²) < 4.78 is 8.19. The van der Waals surface area contributed by atoms with E-state index < -0.39 is 0 Å². The Kier molecular flexibility index (Phi) is 74.1. The van der Waals surface area contributed by atoms with Gasteiger partial charge in [0.2, 0.25) is 0 Å². The van der Waals surface area contributed by atoms with Crippen LogP contribution in [0.15, 0.2) is 0 Å². The van der Waals surface area contributed by atoms with Gasteiger partial charge in [0, 0.05) is 0 Å². The maximum atomic E-state index is 8.19. The maximum absolute atomic E-state index is 8.19. The van der Waals surface area contributed by atoms with Gasteiger partial charge in [-0.1, -0.05) is 0 Å². The molecule has 0 N–H and O–H groups in total. The first-order valence-corrected chi connectivity index (χ1v) is 0.913. The fraction of sp³-hybridized carbons (Fsp3) is 0. The molecule has 0 spiro atoms. The minimum absolute atomic E-state index is 0. The monoisotopic (exact) mass is 237 g/mol. The van der Waals surface area contributed by atoms with Gasteiger partial charge in [0.15, 0.2) is 17.4 Å². The summed E-state index contributed by atoms with van der Waals surface area (Å²) in [5.74, 6) is 0. The number of hydrogen-bond donors (Lipinski definition) is 0. The molecule has 1 nitrogen and oxygen atoms in total. The first kappa shape index (κ1) is 16.2. The molecule has 0 atom stereocenters. The number of rotatable bonds is 0. The molecule has 0 aromatic carbocycles. The molecule has 0 aromatic heterocycles. The predicted molar refractivity (Wildman–Crippen MR) is 19.2 cm³/mol. The third kappa shape index (κ3) is 8.84. The molecule has 0 aliphatic rings. The van der Waals surface area contributed by atoms with Gasteiger partial charge in [0.05, 0.1) is 0 Å². The molecular weight excluding hydrogens is 232 g/mol. The van der Waals surface area contributed by atoms with E-state index in [0.717, 1.165) is 35.9 Å². The molecule has 0 saturated carbocycles. The molecule has 0 heterocycles. The van der Waals surface area contributed by atoms with Gasteiger partial charge in [-0.15, -0.1) is 0 Å². The molecule has 27 valence electrons. The van der Waals surface area contributed by atoms with Crippen LogP contribution in [0, 0.1) is 35.9 Å². The Labute approximate surface area is 76.2 Å². The second-order valence-electron chi connectivity index (χ2n) is 0. The van der Waals surface area contributed by atoms with Crippen LogP contribution >= 0.6 is 0 Å². The van der Waals surface area contributed by atoms with Gasteiger partial charge < -0.3 is 0 Å². The van der Waals surface area contributed by atoms with E-state index in [2.05, 4.69) is 0 Å². The molecule has 0 fully saturated rings. The fourth-order valence-corrected chi connectivity index (χ4v) is 0. The van der Waals surface area contributed by atoms with Crippen molar-refractivity contribution >= 4 is 40.4 Å². The van der Waals surface area contributed by atoms with Crippen molar-refractivity contribution < 1.29 is 37.3 Å². The Morgan fingerprint density at radius 3 is 1.25 bits per heavy atom. The summed E-state index contributed by atoms with van der Waals surface area (Å²) >= 11 is 1.03. The van der Waals surface area contributed by atoms with Gasteiger partial charge in [-0.2, -0.15) is 0 Å². The van der Waals surface area contributed by atoms with Crippen LogP contribution in [0.1, 0.15) is 0 Å². The Hall–Kier alpha value is 2.36. The molecule has 0 saturated heterocycles. The topological polar surface area (TPSA) is 17.1 Å². The van der Waals surface area contributed by atoms with E-state index in [1.807, 2.05) is 0 Å². The third-order valence-corrected chi connectivity index (χ3v) is 0. The van der Waals surface area contributed by atoms with Crippen molar-refractivity contribution in [1.29, 1.82) is 0 Å². The molecule has 0 bridgehead atoms. The van der Waals surface area contributed by atoms with Crippen LogP contribution in [0.5, 0.6) is 0 Å². The minimum atomic E-state index is 0. The first-order chi connectivity index (χ1) is 1.00. The van der Waals surface area contributed by atoms with Crippen molar-refractivity contribution in [2.24, 2.45) is 0 Å². The normalized spacial score (nSPS) is 1.50. The van der Waals surface area contributed by atoms with E-state index in [4.69, 9.17) is 1.43 Å². The molecule has 0 rings (SSSR count). The molecule has 0 aliphatic carbocycles. The van der Waals surface area contributed by atoms with Gasteiger partial charge in [0.1, 0.15) is 0 Å². The van der Waals surface area contributed by atoms with Gasteiger partial charge >= 0.3 is 60.4 Å². The van der Waals surface area contributed by atoms with E-state index in [1.165, 1.54) is 0 Å². The summed E-state index contributed by atoms with van der Waals surface area (Å²) in [5.41, 5.74) is 0. The van der Waals surface area contributed by atoms with E-state index in [0.29, 0.717) is 0 Å². The molecule has 4 heavy (non-hydrogen) atoms. The molecule has 0 unspecified atom stereocenters. The first-order valence-electron chi connectivity index (χ1n) is 0.123. The van der Waals surface area contributed by atoms with Crippen LogP contribution in [-0.2, 0) is 1.43 Å². The van der Waals surface area contributed by atoms with E-state index in [1.54, 1.807) is 0 Å². The van der Waals surface area contributed by atoms with E-state index >= 15 is 0 Å². The zero-order valence-electron chi connectivity index (χ0n) is 0.710. The summed E-state index contributed by atoms with van der Waals surface area (Å²) in [7, 11) is 0. The summed E-state index contributed by atoms with van der Waals surface area (Å²) in [6.45, 7) is 0. The van der Waals surface area contributed by atoms with Crippen molar-refractivity contribution in [3.05, 3.63) is 0 Å². The van der Waals surface area contributed by atoms with Crippen LogP contribution in [0.25, 0.3) is 0 Å². The SMILES string of the molecule is [AlH3].[MgH2].[O]=[Ho]. The molecule has 0 aromatic rings. The van der Waals surface area contributed by atoms with Crippen molar-refractivity contribution in [2.45, 2.75) is 0 Å². The van der Waals surface area contributed by atoms with Gasteiger partial charge in [-0.05, 0) is 0 Å².